The summed E-state index contributed by atoms with van der Waals surface area (Å²) < 4.78 is 13.5. The average molecular weight is 344 g/mol. The number of hydrogen-bond acceptors (Lipinski definition) is 3. The Bertz CT molecular complexity index is 527. The van der Waals surface area contributed by atoms with Crippen molar-refractivity contribution in [2.75, 3.05) is 19.6 Å². The van der Waals surface area contributed by atoms with Gasteiger partial charge in [0.2, 0.25) is 5.91 Å². The van der Waals surface area contributed by atoms with Crippen molar-refractivity contribution in [2.24, 2.45) is 11.7 Å². The molecule has 0 radical (unpaired) electrons. The van der Waals surface area contributed by atoms with E-state index in [2.05, 4.69) is 17.1 Å². The van der Waals surface area contributed by atoms with Gasteiger partial charge >= 0.3 is 0 Å². The minimum absolute atomic E-state index is 0. The lowest BCUT2D eigenvalue weighted by Gasteiger charge is -2.37. The molecule has 6 heteroatoms. The van der Waals surface area contributed by atoms with Crippen LogP contribution in [0.1, 0.15) is 30.9 Å². The van der Waals surface area contributed by atoms with E-state index in [1.165, 1.54) is 6.07 Å². The fourth-order valence-corrected chi connectivity index (χ4v) is 2.94. The Kier molecular flexibility index (Phi) is 7.95. The molecule has 2 atom stereocenters. The van der Waals surface area contributed by atoms with Gasteiger partial charge in [0.15, 0.2) is 0 Å². The molecule has 1 heterocycles. The highest BCUT2D eigenvalue weighted by Crippen LogP contribution is 2.21. The molecule has 4 nitrogen and oxygen atoms in total. The highest BCUT2D eigenvalue weighted by atomic mass is 35.5. The zero-order chi connectivity index (χ0) is 16.1. The molecule has 2 unspecified atom stereocenters. The molecule has 3 N–H and O–H groups in total. The molecule has 1 aromatic carbocycles. The lowest BCUT2D eigenvalue weighted by Crippen LogP contribution is -2.50. The smallest absolute Gasteiger partial charge is 0.234 e. The Morgan fingerprint density at radius 2 is 2.22 bits per heavy atom. The van der Waals surface area contributed by atoms with E-state index in [1.807, 2.05) is 6.07 Å². The number of nitrogens with one attached hydrogen (secondary N) is 1. The number of hydrogen-bond donors (Lipinski definition) is 2. The van der Waals surface area contributed by atoms with Gasteiger partial charge in [0.05, 0.1) is 6.54 Å². The van der Waals surface area contributed by atoms with Crippen LogP contribution in [0, 0.1) is 18.7 Å². The van der Waals surface area contributed by atoms with Crippen LogP contribution >= 0.6 is 12.4 Å². The third-order valence-corrected chi connectivity index (χ3v) is 4.44. The van der Waals surface area contributed by atoms with Crippen molar-refractivity contribution in [1.82, 2.24) is 10.2 Å². The third kappa shape index (κ3) is 5.75. The number of likely N-dealkylation sites (tertiary alicyclic amines) is 1. The highest BCUT2D eigenvalue weighted by Gasteiger charge is 2.26. The van der Waals surface area contributed by atoms with Gasteiger partial charge in [-0.2, -0.15) is 0 Å². The first-order chi connectivity index (χ1) is 10.5. The van der Waals surface area contributed by atoms with Gasteiger partial charge in [0.1, 0.15) is 5.82 Å². The fraction of sp³-hybridized carbons (Fsp3) is 0.588. The third-order valence-electron chi connectivity index (χ3n) is 4.44. The lowest BCUT2D eigenvalue weighted by molar-refractivity contribution is -0.123. The van der Waals surface area contributed by atoms with Crippen LogP contribution < -0.4 is 11.1 Å². The maximum absolute atomic E-state index is 13.5. The average Bonchev–Trinajstić information content (AvgIpc) is 2.50. The van der Waals surface area contributed by atoms with E-state index in [4.69, 9.17) is 5.73 Å². The van der Waals surface area contributed by atoms with Crippen molar-refractivity contribution in [2.45, 2.75) is 39.3 Å². The summed E-state index contributed by atoms with van der Waals surface area (Å²) in [7, 11) is 0. The summed E-state index contributed by atoms with van der Waals surface area (Å²) >= 11 is 0. The number of piperidine rings is 1. The number of nitrogens with two attached hydrogens (primary N) is 1. The van der Waals surface area contributed by atoms with Crippen molar-refractivity contribution in [3.8, 4) is 0 Å². The Balaban J connectivity index is 0.00000264. The van der Waals surface area contributed by atoms with Crippen LogP contribution in [0.25, 0.3) is 0 Å². The van der Waals surface area contributed by atoms with E-state index in [1.54, 1.807) is 13.0 Å². The second-order valence-corrected chi connectivity index (χ2v) is 6.35. The van der Waals surface area contributed by atoms with Crippen LogP contribution in [0.15, 0.2) is 18.2 Å². The molecule has 0 bridgehead atoms. The lowest BCUT2D eigenvalue weighted by atomic mass is 9.92. The first-order valence-electron chi connectivity index (χ1n) is 7.95. The van der Waals surface area contributed by atoms with Crippen molar-refractivity contribution in [3.63, 3.8) is 0 Å². The maximum atomic E-state index is 13.5. The van der Waals surface area contributed by atoms with Crippen LogP contribution in [-0.4, -0.2) is 36.5 Å². The number of aryl methyl sites for hydroxylation is 1. The quantitative estimate of drug-likeness (QED) is 0.862. The zero-order valence-corrected chi connectivity index (χ0v) is 14.7. The number of carbonyl (C=O) groups excluding carboxylic acids is 1. The predicted octanol–water partition coefficient (Wildman–Crippen LogP) is 2.23. The molecular weight excluding hydrogens is 317 g/mol. The van der Waals surface area contributed by atoms with Crippen molar-refractivity contribution in [3.05, 3.63) is 35.1 Å². The molecular formula is C17H27ClFN3O. The number of halogens is 2. The van der Waals surface area contributed by atoms with Crippen molar-refractivity contribution in [1.29, 1.82) is 0 Å². The summed E-state index contributed by atoms with van der Waals surface area (Å²) in [6.45, 7) is 6.17. The van der Waals surface area contributed by atoms with Gasteiger partial charge < -0.3 is 11.1 Å². The topological polar surface area (TPSA) is 58.4 Å². The molecule has 1 aliphatic rings. The maximum Gasteiger partial charge on any atom is 0.234 e. The van der Waals surface area contributed by atoms with Gasteiger partial charge in [0.25, 0.3) is 0 Å². The molecule has 2 rings (SSSR count). The van der Waals surface area contributed by atoms with E-state index >= 15 is 0 Å². The highest BCUT2D eigenvalue weighted by molar-refractivity contribution is 5.85. The molecule has 0 aliphatic carbocycles. The summed E-state index contributed by atoms with van der Waals surface area (Å²) in [5.74, 6) is 0.400. The van der Waals surface area contributed by atoms with Crippen LogP contribution in [-0.2, 0) is 11.3 Å². The van der Waals surface area contributed by atoms with E-state index in [9.17, 15) is 9.18 Å². The molecule has 0 saturated carbocycles. The van der Waals surface area contributed by atoms with E-state index in [0.29, 0.717) is 31.1 Å². The predicted molar refractivity (Wildman–Crippen MR) is 93.0 cm³/mol. The van der Waals surface area contributed by atoms with E-state index < -0.39 is 0 Å². The summed E-state index contributed by atoms with van der Waals surface area (Å²) in [5, 5.41) is 2.86. The largest absolute Gasteiger partial charge is 0.351 e. The van der Waals surface area contributed by atoms with Crippen LogP contribution in [0.4, 0.5) is 4.39 Å². The van der Waals surface area contributed by atoms with Gasteiger partial charge in [-0.1, -0.05) is 19.1 Å². The van der Waals surface area contributed by atoms with Crippen molar-refractivity contribution < 1.29 is 9.18 Å². The standard InChI is InChI=1S/C17H26FN3O.ClH/c1-12-5-6-21(15(7-12)9-19)11-17(22)20-10-14-4-3-13(2)16(18)8-14;/h3-4,8,12,15H,5-7,9-11,19H2,1-2H3,(H,20,22);1H. The van der Waals surface area contributed by atoms with E-state index in [0.717, 1.165) is 24.9 Å². The van der Waals surface area contributed by atoms with E-state index in [-0.39, 0.29) is 30.2 Å². The van der Waals surface area contributed by atoms with Gasteiger partial charge in [-0.05, 0) is 49.4 Å². The number of carbonyl (C=O) groups is 1. The van der Waals surface area contributed by atoms with Crippen LogP contribution in [0.3, 0.4) is 0 Å². The number of rotatable bonds is 5. The molecule has 130 valence electrons. The SMILES string of the molecule is Cc1ccc(CNC(=O)CN2CCC(C)CC2CN)cc1F.Cl. The van der Waals surface area contributed by atoms with Gasteiger partial charge in [-0.3, -0.25) is 9.69 Å². The molecule has 1 aromatic rings. The molecule has 1 aliphatic heterocycles. The minimum Gasteiger partial charge on any atom is -0.351 e. The van der Waals surface area contributed by atoms with Crippen LogP contribution in [0.5, 0.6) is 0 Å². The fourth-order valence-electron chi connectivity index (χ4n) is 2.94. The number of nitrogens with zero attached hydrogens (tertiary/aromatic N) is 1. The van der Waals surface area contributed by atoms with Gasteiger partial charge in [-0.25, -0.2) is 4.39 Å². The normalized spacial score (nSPS) is 21.6. The molecule has 1 amide bonds. The first kappa shape index (κ1) is 19.9. The summed E-state index contributed by atoms with van der Waals surface area (Å²) in [6.07, 6.45) is 2.15. The summed E-state index contributed by atoms with van der Waals surface area (Å²) in [6, 6.07) is 5.32. The minimum atomic E-state index is -0.236. The van der Waals surface area contributed by atoms with Crippen LogP contribution in [0.2, 0.25) is 0 Å². The second-order valence-electron chi connectivity index (χ2n) is 6.35. The molecule has 23 heavy (non-hydrogen) atoms. The zero-order valence-electron chi connectivity index (χ0n) is 13.8. The summed E-state index contributed by atoms with van der Waals surface area (Å²) in [5.41, 5.74) is 7.20. The Labute approximate surface area is 144 Å². The second kappa shape index (κ2) is 9.21. The number of benzene rings is 1. The van der Waals surface area contributed by atoms with Crippen molar-refractivity contribution >= 4 is 18.3 Å². The first-order valence-corrected chi connectivity index (χ1v) is 7.95. The monoisotopic (exact) mass is 343 g/mol. The Morgan fingerprint density at radius 3 is 2.87 bits per heavy atom. The molecule has 1 fully saturated rings. The number of amides is 1. The van der Waals surface area contributed by atoms with Gasteiger partial charge in [0, 0.05) is 19.1 Å². The Morgan fingerprint density at radius 1 is 1.48 bits per heavy atom. The van der Waals surface area contributed by atoms with Gasteiger partial charge in [-0.15, -0.1) is 12.4 Å². The molecule has 0 aromatic heterocycles. The summed E-state index contributed by atoms with van der Waals surface area (Å²) in [4.78, 5) is 14.2. The molecule has 1 saturated heterocycles. The molecule has 0 spiro atoms. The Hall–Kier alpha value is -1.17.